The van der Waals surface area contributed by atoms with E-state index in [0.717, 1.165) is 102 Å². The van der Waals surface area contributed by atoms with E-state index >= 15 is 0 Å². The highest BCUT2D eigenvalue weighted by Crippen LogP contribution is 2.46. The molecule has 0 radical (unpaired) electrons. The van der Waals surface area contributed by atoms with E-state index in [1.165, 1.54) is 66.3 Å². The SMILES string of the molecule is Cc1ccc2c(c1)c1cc(C)ccc1n2-c1cccc(-n2c3ccc(-c4ccccc4)cc3c3cc(-c4ccccc4)ccc32)c1-c1cnc(-n2c3ccccc3c3ccc(Oc4cccc(N5CN(C)c6ccccc65)c4)cc32)cc1C. The Hall–Kier alpha value is -10.6. The van der Waals surface area contributed by atoms with Crippen molar-refractivity contribution in [2.45, 2.75) is 20.8 Å². The number of para-hydroxylation sites is 3. The van der Waals surface area contributed by atoms with Gasteiger partial charge in [0.2, 0.25) is 0 Å². The Balaban J connectivity index is 0.897. The van der Waals surface area contributed by atoms with Crippen LogP contribution < -0.4 is 14.5 Å². The van der Waals surface area contributed by atoms with Gasteiger partial charge in [-0.25, -0.2) is 4.98 Å². The van der Waals surface area contributed by atoms with Crippen LogP contribution in [0, 0.1) is 20.8 Å². The third kappa shape index (κ3) is 7.83. The molecular formula is C76H56N6O. The molecule has 0 aliphatic carbocycles. The summed E-state index contributed by atoms with van der Waals surface area (Å²) in [4.78, 5) is 10.2. The zero-order valence-corrected chi connectivity index (χ0v) is 46.5. The smallest absolute Gasteiger partial charge is 0.137 e. The number of aromatic nitrogens is 4. The molecule has 0 saturated carbocycles. The van der Waals surface area contributed by atoms with Gasteiger partial charge in [-0.15, -0.1) is 0 Å². The second-order valence-electron chi connectivity index (χ2n) is 22.3. The number of hydrogen-bond acceptors (Lipinski definition) is 4. The average molecular weight is 1070 g/mol. The largest absolute Gasteiger partial charge is 0.457 e. The van der Waals surface area contributed by atoms with Crippen LogP contribution in [0.2, 0.25) is 0 Å². The first-order chi connectivity index (χ1) is 40.8. The molecule has 83 heavy (non-hydrogen) atoms. The molecule has 1 aliphatic heterocycles. The van der Waals surface area contributed by atoms with Gasteiger partial charge in [0, 0.05) is 74.5 Å². The molecule has 0 atom stereocenters. The molecule has 7 nitrogen and oxygen atoms in total. The zero-order chi connectivity index (χ0) is 55.4. The summed E-state index contributed by atoms with van der Waals surface area (Å²) in [5.74, 6) is 2.35. The fourth-order valence-electron chi connectivity index (χ4n) is 13.2. The van der Waals surface area contributed by atoms with E-state index in [9.17, 15) is 0 Å². The first-order valence-corrected chi connectivity index (χ1v) is 28.5. The minimum absolute atomic E-state index is 0.749. The van der Waals surface area contributed by atoms with Crippen molar-refractivity contribution in [3.8, 4) is 62.1 Å². The van der Waals surface area contributed by atoms with Crippen LogP contribution in [0.15, 0.2) is 255 Å². The molecule has 0 fully saturated rings. The van der Waals surface area contributed by atoms with Crippen molar-refractivity contribution in [3.63, 3.8) is 0 Å². The van der Waals surface area contributed by atoms with E-state index in [4.69, 9.17) is 9.72 Å². The molecule has 0 bridgehead atoms. The predicted octanol–water partition coefficient (Wildman–Crippen LogP) is 19.6. The van der Waals surface area contributed by atoms with Gasteiger partial charge in [-0.2, -0.15) is 0 Å². The highest BCUT2D eigenvalue weighted by Gasteiger charge is 2.27. The Morgan fingerprint density at radius 2 is 0.880 bits per heavy atom. The summed E-state index contributed by atoms with van der Waals surface area (Å²) in [5.41, 5.74) is 22.7. The van der Waals surface area contributed by atoms with Gasteiger partial charge in [0.15, 0.2) is 0 Å². The number of fused-ring (bicyclic) bond motifs is 10. The number of ether oxygens (including phenoxy) is 1. The molecule has 16 rings (SSSR count). The first-order valence-electron chi connectivity index (χ1n) is 28.5. The fraction of sp³-hybridized carbons (Fsp3) is 0.0658. The standard InChI is InChI=1S/C76H56N6O/c1-48-29-35-66-60(39-48)61-40-49(2)30-36-67(61)80(66)72-27-16-28-73(81-68-37-31-53(51-17-7-5-8-18-51)42-62(68)63-43-54(32-38-69(63)81)52-19-9-6-10-20-52)76(72)64-46-77-75(41-50(64)3)82-65-24-12-11-23-58(65)59-34-33-57(45-74(59)82)83-56-22-15-21-55(44-56)79-47-78(4)70-25-13-14-26-71(70)79/h5-46H,47H2,1-4H3. The minimum atomic E-state index is 0.749. The van der Waals surface area contributed by atoms with E-state index in [0.29, 0.717) is 0 Å². The maximum absolute atomic E-state index is 6.80. The lowest BCUT2D eigenvalue weighted by Crippen LogP contribution is -2.23. The fourth-order valence-corrected chi connectivity index (χ4v) is 13.2. The van der Waals surface area contributed by atoms with Crippen molar-refractivity contribution in [2.75, 3.05) is 23.5 Å². The maximum Gasteiger partial charge on any atom is 0.137 e. The third-order valence-electron chi connectivity index (χ3n) is 17.1. The van der Waals surface area contributed by atoms with E-state index in [1.54, 1.807) is 0 Å². The molecule has 15 aromatic rings. The normalized spacial score (nSPS) is 12.5. The molecule has 1 aliphatic rings. The third-order valence-corrected chi connectivity index (χ3v) is 17.1. The number of hydrogen-bond donors (Lipinski definition) is 0. The Bertz CT molecular complexity index is 4950. The number of rotatable bonds is 9. The quantitative estimate of drug-likeness (QED) is 0.144. The monoisotopic (exact) mass is 1070 g/mol. The van der Waals surface area contributed by atoms with Gasteiger partial charge in [-0.3, -0.25) is 4.57 Å². The number of anilines is 3. The van der Waals surface area contributed by atoms with Crippen LogP contribution in [0.1, 0.15) is 16.7 Å². The molecule has 0 unspecified atom stereocenters. The second kappa shape index (κ2) is 19.0. The van der Waals surface area contributed by atoms with E-state index < -0.39 is 0 Å². The van der Waals surface area contributed by atoms with Gasteiger partial charge in [0.1, 0.15) is 17.3 Å². The minimum Gasteiger partial charge on any atom is -0.457 e. The highest BCUT2D eigenvalue weighted by atomic mass is 16.5. The lowest BCUT2D eigenvalue weighted by molar-refractivity contribution is 0.483. The highest BCUT2D eigenvalue weighted by molar-refractivity contribution is 6.14. The van der Waals surface area contributed by atoms with Gasteiger partial charge in [-0.1, -0.05) is 139 Å². The first kappa shape index (κ1) is 48.3. The van der Waals surface area contributed by atoms with Crippen molar-refractivity contribution in [1.82, 2.24) is 18.7 Å². The summed E-state index contributed by atoms with van der Waals surface area (Å²) in [6.45, 7) is 7.38. The van der Waals surface area contributed by atoms with Crippen molar-refractivity contribution in [2.24, 2.45) is 0 Å². The zero-order valence-electron chi connectivity index (χ0n) is 46.5. The summed E-state index contributed by atoms with van der Waals surface area (Å²) in [6, 6.07) is 90.3. The van der Waals surface area contributed by atoms with Crippen LogP contribution in [0.5, 0.6) is 11.5 Å². The van der Waals surface area contributed by atoms with Crippen molar-refractivity contribution < 1.29 is 4.74 Å². The van der Waals surface area contributed by atoms with Crippen LogP contribution in [0.3, 0.4) is 0 Å². The summed E-state index contributed by atoms with van der Waals surface area (Å²) in [5, 5.41) is 7.13. The van der Waals surface area contributed by atoms with Gasteiger partial charge >= 0.3 is 0 Å². The van der Waals surface area contributed by atoms with Crippen LogP contribution in [-0.4, -0.2) is 32.4 Å². The summed E-state index contributed by atoms with van der Waals surface area (Å²) in [6.07, 6.45) is 2.12. The number of pyridine rings is 1. The van der Waals surface area contributed by atoms with Crippen LogP contribution >= 0.6 is 0 Å². The van der Waals surface area contributed by atoms with Gasteiger partial charge in [0.05, 0.1) is 62.5 Å². The van der Waals surface area contributed by atoms with Crippen molar-refractivity contribution in [1.29, 1.82) is 0 Å². The lowest BCUT2D eigenvalue weighted by atomic mass is 9.97. The van der Waals surface area contributed by atoms with Gasteiger partial charge < -0.3 is 23.7 Å². The molecule has 396 valence electrons. The number of benzene rings is 11. The van der Waals surface area contributed by atoms with Gasteiger partial charge in [-0.05, 0) is 158 Å². The van der Waals surface area contributed by atoms with Crippen LogP contribution in [0.25, 0.3) is 116 Å². The van der Waals surface area contributed by atoms with Gasteiger partial charge in [0.25, 0.3) is 0 Å². The molecule has 0 saturated heterocycles. The maximum atomic E-state index is 6.80. The summed E-state index contributed by atoms with van der Waals surface area (Å²) >= 11 is 0. The molecule has 11 aromatic carbocycles. The molecular weight excluding hydrogens is 1010 g/mol. The van der Waals surface area contributed by atoms with Crippen molar-refractivity contribution >= 4 is 82.5 Å². The lowest BCUT2D eigenvalue weighted by Gasteiger charge is -2.21. The van der Waals surface area contributed by atoms with Crippen LogP contribution in [-0.2, 0) is 0 Å². The predicted molar refractivity (Wildman–Crippen MR) is 346 cm³/mol. The Kier molecular flexibility index (Phi) is 11.1. The summed E-state index contributed by atoms with van der Waals surface area (Å²) < 4.78 is 14.1. The summed E-state index contributed by atoms with van der Waals surface area (Å²) in [7, 11) is 2.14. The molecule has 4 aromatic heterocycles. The second-order valence-corrected chi connectivity index (χ2v) is 22.3. The average Bonchev–Trinajstić information content (AvgIpc) is 2.59. The topological polar surface area (TPSA) is 43.4 Å². The molecule has 0 spiro atoms. The van der Waals surface area contributed by atoms with Crippen LogP contribution in [0.4, 0.5) is 17.1 Å². The van der Waals surface area contributed by atoms with E-state index in [1.807, 2.05) is 6.07 Å². The molecule has 0 amide bonds. The molecule has 7 heteroatoms. The number of aryl methyl sites for hydroxylation is 3. The Morgan fingerprint density at radius 1 is 0.361 bits per heavy atom. The Morgan fingerprint density at radius 3 is 1.52 bits per heavy atom. The van der Waals surface area contributed by atoms with E-state index in [-0.39, 0.29) is 0 Å². The molecule has 0 N–H and O–H groups in total. The van der Waals surface area contributed by atoms with Crippen molar-refractivity contribution in [3.05, 3.63) is 272 Å². The van der Waals surface area contributed by atoms with E-state index in [2.05, 4.69) is 300 Å². The number of nitrogens with zero attached hydrogens (tertiary/aromatic N) is 6. The Labute approximate surface area is 481 Å². The molecule has 5 heterocycles.